The number of allylic oxidation sites excluding steroid dienone is 2. The summed E-state index contributed by atoms with van der Waals surface area (Å²) in [6.07, 6.45) is 12.6. The molecule has 2 heteroatoms. The predicted octanol–water partition coefficient (Wildman–Crippen LogP) is 5.86. The van der Waals surface area contributed by atoms with E-state index in [-0.39, 0.29) is 10.8 Å². The molecule has 0 radical (unpaired) electrons. The Kier molecular flexibility index (Phi) is 3.69. The lowest BCUT2D eigenvalue weighted by Crippen LogP contribution is -2.58. The van der Waals surface area contributed by atoms with Gasteiger partial charge in [0.25, 0.3) is 0 Å². The molecular formula is C26H41NO. The lowest BCUT2D eigenvalue weighted by atomic mass is 9.42. The third-order valence-electron chi connectivity index (χ3n) is 11.6. The summed E-state index contributed by atoms with van der Waals surface area (Å²) >= 11 is 0. The first-order valence-corrected chi connectivity index (χ1v) is 11.9. The van der Waals surface area contributed by atoms with E-state index < -0.39 is 0 Å². The molecule has 0 N–H and O–H groups in total. The monoisotopic (exact) mass is 383 g/mol. The molecule has 0 aromatic rings. The Hall–Kier alpha value is -0.630. The Morgan fingerprint density at radius 2 is 1.57 bits per heavy atom. The van der Waals surface area contributed by atoms with Crippen LogP contribution in [0.3, 0.4) is 0 Å². The summed E-state index contributed by atoms with van der Waals surface area (Å²) in [6, 6.07) is 0.712. The van der Waals surface area contributed by atoms with Gasteiger partial charge in [-0.3, -0.25) is 4.79 Å². The van der Waals surface area contributed by atoms with Gasteiger partial charge < -0.3 is 4.90 Å². The molecule has 156 valence electrons. The molecule has 5 rings (SSSR count). The first kappa shape index (κ1) is 19.3. The molecular weight excluding hydrogens is 342 g/mol. The number of carbonyl (C=O) groups is 1. The highest BCUT2D eigenvalue weighted by molar-refractivity contribution is 6.00. The number of hydrogen-bond acceptors (Lipinski definition) is 2. The van der Waals surface area contributed by atoms with Gasteiger partial charge in [-0.1, -0.05) is 33.8 Å². The summed E-state index contributed by atoms with van der Waals surface area (Å²) in [6.45, 7) is 12.2. The maximum atomic E-state index is 13.0. The average Bonchev–Trinajstić information content (AvgIpc) is 3.20. The molecule has 7 unspecified atom stereocenters. The van der Waals surface area contributed by atoms with Crippen molar-refractivity contribution in [3.8, 4) is 0 Å². The summed E-state index contributed by atoms with van der Waals surface area (Å²) in [4.78, 5) is 15.5. The zero-order valence-electron chi connectivity index (χ0n) is 19.3. The molecule has 7 atom stereocenters. The SMILES string of the molecule is CC=C1C(=O)CC2(C)C3CCC4C(C)(C)C(N(C)C)CCC45CC35CCC12C. The molecule has 0 saturated heterocycles. The van der Waals surface area contributed by atoms with Crippen LogP contribution in [0.15, 0.2) is 11.6 Å². The van der Waals surface area contributed by atoms with Gasteiger partial charge in [0.2, 0.25) is 0 Å². The Bertz CT molecular complexity index is 764. The molecule has 5 aliphatic rings. The zero-order chi connectivity index (χ0) is 20.3. The third kappa shape index (κ3) is 1.84. The molecule has 5 aliphatic carbocycles. The van der Waals surface area contributed by atoms with E-state index in [1.165, 1.54) is 50.5 Å². The lowest BCUT2D eigenvalue weighted by molar-refractivity contribution is -0.136. The van der Waals surface area contributed by atoms with Gasteiger partial charge in [0.05, 0.1) is 0 Å². The number of Topliss-reactive ketones (excluding diaryl/α,β-unsaturated/α-hetero) is 1. The van der Waals surface area contributed by atoms with E-state index >= 15 is 0 Å². The lowest BCUT2D eigenvalue weighted by Gasteiger charge is -2.63. The summed E-state index contributed by atoms with van der Waals surface area (Å²) < 4.78 is 0. The van der Waals surface area contributed by atoms with Gasteiger partial charge in [0, 0.05) is 17.9 Å². The maximum Gasteiger partial charge on any atom is 0.159 e. The molecule has 2 nitrogen and oxygen atoms in total. The number of nitrogens with zero attached hydrogens (tertiary/aromatic N) is 1. The minimum Gasteiger partial charge on any atom is -0.306 e. The van der Waals surface area contributed by atoms with Gasteiger partial charge in [-0.2, -0.15) is 0 Å². The second-order valence-electron chi connectivity index (χ2n) is 12.6. The van der Waals surface area contributed by atoms with E-state index in [1.807, 2.05) is 0 Å². The van der Waals surface area contributed by atoms with Crippen molar-refractivity contribution in [1.29, 1.82) is 0 Å². The standard InChI is InChI=1S/C26H41NO/c1-8-17-18(28)15-24(5)20-10-9-19-22(2,3)21(27(6)7)11-12-25(19)16-26(20,25)14-13-23(17,24)4/h8,19-21H,9-16H2,1-7H3. The first-order valence-electron chi connectivity index (χ1n) is 11.9. The van der Waals surface area contributed by atoms with Crippen LogP contribution in [-0.4, -0.2) is 30.8 Å². The highest BCUT2D eigenvalue weighted by Crippen LogP contribution is 2.88. The molecule has 2 spiro atoms. The molecule has 0 heterocycles. The minimum absolute atomic E-state index is 0.113. The van der Waals surface area contributed by atoms with Gasteiger partial charge in [-0.25, -0.2) is 0 Å². The van der Waals surface area contributed by atoms with Crippen LogP contribution < -0.4 is 0 Å². The predicted molar refractivity (Wildman–Crippen MR) is 115 cm³/mol. The first-order chi connectivity index (χ1) is 13.0. The molecule has 0 aromatic carbocycles. The van der Waals surface area contributed by atoms with Crippen LogP contribution in [-0.2, 0) is 4.79 Å². The van der Waals surface area contributed by atoms with Crippen LogP contribution in [0, 0.1) is 38.9 Å². The summed E-state index contributed by atoms with van der Waals surface area (Å²) in [7, 11) is 4.57. The summed E-state index contributed by atoms with van der Waals surface area (Å²) in [5.74, 6) is 2.07. The maximum absolute atomic E-state index is 13.0. The van der Waals surface area contributed by atoms with Crippen molar-refractivity contribution in [1.82, 2.24) is 4.90 Å². The van der Waals surface area contributed by atoms with Crippen LogP contribution in [0.25, 0.3) is 0 Å². The summed E-state index contributed by atoms with van der Waals surface area (Å²) in [5, 5.41) is 0. The van der Waals surface area contributed by atoms with Crippen molar-refractivity contribution in [2.75, 3.05) is 14.1 Å². The van der Waals surface area contributed by atoms with Gasteiger partial charge in [0.1, 0.15) is 0 Å². The normalized spacial score (nSPS) is 55.5. The fraction of sp³-hybridized carbons (Fsp3) is 0.885. The van der Waals surface area contributed by atoms with E-state index in [1.54, 1.807) is 0 Å². The number of ketones is 1. The topological polar surface area (TPSA) is 20.3 Å². The molecule has 5 fully saturated rings. The van der Waals surface area contributed by atoms with Crippen molar-refractivity contribution >= 4 is 5.78 Å². The van der Waals surface area contributed by atoms with Crippen molar-refractivity contribution in [2.24, 2.45) is 38.9 Å². The van der Waals surface area contributed by atoms with E-state index in [2.05, 4.69) is 59.7 Å². The van der Waals surface area contributed by atoms with Crippen molar-refractivity contribution in [2.45, 2.75) is 92.0 Å². The van der Waals surface area contributed by atoms with Crippen LogP contribution in [0.4, 0.5) is 0 Å². The molecule has 0 amide bonds. The zero-order valence-corrected chi connectivity index (χ0v) is 19.3. The number of rotatable bonds is 1. The van der Waals surface area contributed by atoms with E-state index in [0.29, 0.717) is 28.1 Å². The molecule has 5 saturated carbocycles. The quantitative estimate of drug-likeness (QED) is 0.528. The number of carbonyl (C=O) groups excluding carboxylic acids is 1. The van der Waals surface area contributed by atoms with Crippen LogP contribution in [0.5, 0.6) is 0 Å². The van der Waals surface area contributed by atoms with E-state index in [9.17, 15) is 4.79 Å². The molecule has 0 aliphatic heterocycles. The minimum atomic E-state index is 0.113. The van der Waals surface area contributed by atoms with Crippen molar-refractivity contribution in [3.63, 3.8) is 0 Å². The van der Waals surface area contributed by atoms with Gasteiger partial charge in [0.15, 0.2) is 5.78 Å². The van der Waals surface area contributed by atoms with Gasteiger partial charge in [-0.05, 0) is 105 Å². The van der Waals surface area contributed by atoms with Crippen molar-refractivity contribution < 1.29 is 4.79 Å². The second-order valence-corrected chi connectivity index (χ2v) is 12.6. The fourth-order valence-corrected chi connectivity index (χ4v) is 10.4. The Morgan fingerprint density at radius 1 is 0.929 bits per heavy atom. The highest BCUT2D eigenvalue weighted by atomic mass is 16.1. The highest BCUT2D eigenvalue weighted by Gasteiger charge is 2.82. The number of hydrogen-bond donors (Lipinski definition) is 0. The van der Waals surface area contributed by atoms with Gasteiger partial charge >= 0.3 is 0 Å². The Balaban J connectivity index is 1.55. The van der Waals surface area contributed by atoms with Crippen LogP contribution in [0.2, 0.25) is 0 Å². The third-order valence-corrected chi connectivity index (χ3v) is 11.6. The van der Waals surface area contributed by atoms with Crippen LogP contribution in [0.1, 0.15) is 86.0 Å². The van der Waals surface area contributed by atoms with Crippen LogP contribution >= 0.6 is 0 Å². The molecule has 28 heavy (non-hydrogen) atoms. The van der Waals surface area contributed by atoms with E-state index in [4.69, 9.17) is 0 Å². The molecule has 0 aromatic heterocycles. The second kappa shape index (κ2) is 5.34. The largest absolute Gasteiger partial charge is 0.306 e. The fourth-order valence-electron chi connectivity index (χ4n) is 10.4. The smallest absolute Gasteiger partial charge is 0.159 e. The average molecular weight is 384 g/mol. The molecule has 0 bridgehead atoms. The Morgan fingerprint density at radius 3 is 2.21 bits per heavy atom. The Labute approximate surface area is 172 Å². The van der Waals surface area contributed by atoms with E-state index in [0.717, 1.165) is 18.3 Å². The van der Waals surface area contributed by atoms with Crippen molar-refractivity contribution in [3.05, 3.63) is 11.6 Å². The van der Waals surface area contributed by atoms with Gasteiger partial charge in [-0.15, -0.1) is 0 Å². The summed E-state index contributed by atoms with van der Waals surface area (Å²) in [5.41, 5.74) is 2.99. The number of fused-ring (bicyclic) bond motifs is 2.